The Labute approximate surface area is 139 Å². The molecule has 6 heteroatoms. The van der Waals surface area contributed by atoms with Gasteiger partial charge in [-0.25, -0.2) is 4.39 Å². The van der Waals surface area contributed by atoms with Crippen molar-refractivity contribution >= 4 is 29.2 Å². The van der Waals surface area contributed by atoms with Crippen molar-refractivity contribution in [2.24, 2.45) is 17.8 Å². The summed E-state index contributed by atoms with van der Waals surface area (Å²) in [5.41, 5.74) is 0.366. The van der Waals surface area contributed by atoms with Gasteiger partial charge in [-0.2, -0.15) is 0 Å². The summed E-state index contributed by atoms with van der Waals surface area (Å²) in [6, 6.07) is 3.88. The standard InChI is InChI=1S/C17H19ClFNO3/c18-14-8-13(3-4-15(14)19)20-16(21)9-23-17(22)7-12-6-10-1-2-11(12)5-10/h3-4,8,10-12H,1-2,5-7,9H2,(H,20,21)/t10-,11-,12-/m1/s1. The molecule has 0 saturated heterocycles. The third kappa shape index (κ3) is 4.02. The van der Waals surface area contributed by atoms with Crippen LogP contribution in [0.5, 0.6) is 0 Å². The summed E-state index contributed by atoms with van der Waals surface area (Å²) in [6.07, 6.45) is 5.26. The van der Waals surface area contributed by atoms with Gasteiger partial charge in [0, 0.05) is 12.1 Å². The van der Waals surface area contributed by atoms with E-state index < -0.39 is 11.7 Å². The number of nitrogens with one attached hydrogen (secondary N) is 1. The predicted molar refractivity (Wildman–Crippen MR) is 84.6 cm³/mol. The van der Waals surface area contributed by atoms with Crippen LogP contribution >= 0.6 is 11.6 Å². The van der Waals surface area contributed by atoms with E-state index in [4.69, 9.17) is 16.3 Å². The normalized spacial score (nSPS) is 25.4. The number of carbonyl (C=O) groups is 2. The Balaban J connectivity index is 1.41. The smallest absolute Gasteiger partial charge is 0.306 e. The average Bonchev–Trinajstić information content (AvgIpc) is 3.12. The van der Waals surface area contributed by atoms with Crippen molar-refractivity contribution in [3.05, 3.63) is 29.0 Å². The monoisotopic (exact) mass is 339 g/mol. The summed E-state index contributed by atoms with van der Waals surface area (Å²) in [4.78, 5) is 23.6. The molecule has 23 heavy (non-hydrogen) atoms. The van der Waals surface area contributed by atoms with Crippen LogP contribution in [-0.4, -0.2) is 18.5 Å². The first-order valence-corrected chi connectivity index (χ1v) is 8.29. The van der Waals surface area contributed by atoms with Crippen molar-refractivity contribution in [2.75, 3.05) is 11.9 Å². The second kappa shape index (κ2) is 6.87. The van der Waals surface area contributed by atoms with E-state index in [0.29, 0.717) is 23.9 Å². The van der Waals surface area contributed by atoms with Crippen LogP contribution in [0.1, 0.15) is 32.1 Å². The lowest BCUT2D eigenvalue weighted by atomic mass is 9.86. The Hall–Kier alpha value is -1.62. The molecule has 0 spiro atoms. The first kappa shape index (κ1) is 16.2. The number of hydrogen-bond donors (Lipinski definition) is 1. The van der Waals surface area contributed by atoms with Gasteiger partial charge in [0.05, 0.1) is 5.02 Å². The van der Waals surface area contributed by atoms with Gasteiger partial charge in [-0.05, 0) is 55.2 Å². The summed E-state index contributed by atoms with van der Waals surface area (Å²) < 4.78 is 18.1. The van der Waals surface area contributed by atoms with Gasteiger partial charge in [-0.15, -0.1) is 0 Å². The lowest BCUT2D eigenvalue weighted by molar-refractivity contribution is -0.148. The molecule has 0 radical (unpaired) electrons. The summed E-state index contributed by atoms with van der Waals surface area (Å²) in [6.45, 7) is -0.339. The van der Waals surface area contributed by atoms with Gasteiger partial charge in [0.2, 0.25) is 0 Å². The molecule has 1 amide bonds. The van der Waals surface area contributed by atoms with Gasteiger partial charge in [-0.1, -0.05) is 18.0 Å². The van der Waals surface area contributed by atoms with E-state index in [0.717, 1.165) is 12.3 Å². The SMILES string of the molecule is O=C(COC(=O)C[C@H]1C[C@@H]2CC[C@@H]1C2)Nc1ccc(F)c(Cl)c1. The van der Waals surface area contributed by atoms with E-state index in [1.807, 2.05) is 0 Å². The van der Waals surface area contributed by atoms with E-state index in [1.165, 1.54) is 37.5 Å². The molecule has 1 aromatic carbocycles. The van der Waals surface area contributed by atoms with Crippen LogP contribution in [0.15, 0.2) is 18.2 Å². The highest BCUT2D eigenvalue weighted by molar-refractivity contribution is 6.31. The number of benzene rings is 1. The average molecular weight is 340 g/mol. The van der Waals surface area contributed by atoms with Gasteiger partial charge in [0.25, 0.3) is 5.91 Å². The van der Waals surface area contributed by atoms with E-state index >= 15 is 0 Å². The number of amides is 1. The Morgan fingerprint density at radius 1 is 1.30 bits per heavy atom. The molecule has 4 nitrogen and oxygen atoms in total. The molecule has 0 aromatic heterocycles. The van der Waals surface area contributed by atoms with Crippen molar-refractivity contribution in [1.82, 2.24) is 0 Å². The third-order valence-corrected chi connectivity index (χ3v) is 5.17. The number of esters is 1. The number of carbonyl (C=O) groups excluding carboxylic acids is 2. The van der Waals surface area contributed by atoms with Gasteiger partial charge in [0.1, 0.15) is 5.82 Å². The minimum absolute atomic E-state index is 0.0731. The molecule has 0 heterocycles. The summed E-state index contributed by atoms with van der Waals surface area (Å²) >= 11 is 5.64. The van der Waals surface area contributed by atoms with Crippen LogP contribution in [-0.2, 0) is 14.3 Å². The number of anilines is 1. The highest BCUT2D eigenvalue weighted by Crippen LogP contribution is 2.49. The predicted octanol–water partition coefficient (Wildman–Crippen LogP) is 3.79. The molecule has 124 valence electrons. The zero-order valence-corrected chi connectivity index (χ0v) is 13.4. The van der Waals surface area contributed by atoms with Crippen molar-refractivity contribution in [2.45, 2.75) is 32.1 Å². The quantitative estimate of drug-likeness (QED) is 0.830. The Kier molecular flexibility index (Phi) is 4.85. The Bertz CT molecular complexity index is 622. The Morgan fingerprint density at radius 3 is 2.78 bits per heavy atom. The van der Waals surface area contributed by atoms with Crippen molar-refractivity contribution in [3.63, 3.8) is 0 Å². The van der Waals surface area contributed by atoms with Crippen LogP contribution in [0, 0.1) is 23.6 Å². The van der Waals surface area contributed by atoms with E-state index in [-0.39, 0.29) is 17.6 Å². The molecule has 1 N–H and O–H groups in total. The fourth-order valence-electron chi connectivity index (χ4n) is 3.82. The molecule has 3 atom stereocenters. The summed E-state index contributed by atoms with van der Waals surface area (Å²) in [7, 11) is 0. The van der Waals surface area contributed by atoms with Crippen LogP contribution in [0.3, 0.4) is 0 Å². The number of hydrogen-bond acceptors (Lipinski definition) is 3. The van der Waals surface area contributed by atoms with Crippen LogP contribution in [0.4, 0.5) is 10.1 Å². The van der Waals surface area contributed by atoms with Crippen molar-refractivity contribution in [1.29, 1.82) is 0 Å². The molecule has 1 aromatic rings. The maximum atomic E-state index is 13.0. The minimum atomic E-state index is -0.554. The fourth-order valence-corrected chi connectivity index (χ4v) is 4.00. The first-order valence-electron chi connectivity index (χ1n) is 7.92. The van der Waals surface area contributed by atoms with Crippen LogP contribution in [0.25, 0.3) is 0 Å². The topological polar surface area (TPSA) is 55.4 Å². The number of halogens is 2. The van der Waals surface area contributed by atoms with Crippen LogP contribution in [0.2, 0.25) is 5.02 Å². The maximum absolute atomic E-state index is 13.0. The van der Waals surface area contributed by atoms with Crippen molar-refractivity contribution < 1.29 is 18.7 Å². The molecular formula is C17H19ClFNO3. The third-order valence-electron chi connectivity index (χ3n) is 4.88. The lowest BCUT2D eigenvalue weighted by Gasteiger charge is -2.20. The molecule has 0 unspecified atom stereocenters. The van der Waals surface area contributed by atoms with Gasteiger partial charge in [0.15, 0.2) is 6.61 Å². The van der Waals surface area contributed by atoms with Gasteiger partial charge in [-0.3, -0.25) is 9.59 Å². The zero-order valence-electron chi connectivity index (χ0n) is 12.7. The van der Waals surface area contributed by atoms with Gasteiger partial charge < -0.3 is 10.1 Å². The Morgan fingerprint density at radius 2 is 2.13 bits per heavy atom. The highest BCUT2D eigenvalue weighted by atomic mass is 35.5. The largest absolute Gasteiger partial charge is 0.456 e. The van der Waals surface area contributed by atoms with E-state index in [9.17, 15) is 14.0 Å². The number of ether oxygens (including phenoxy) is 1. The molecule has 3 rings (SSSR count). The second-order valence-corrected chi connectivity index (χ2v) is 6.88. The second-order valence-electron chi connectivity index (χ2n) is 6.48. The molecule has 2 aliphatic carbocycles. The fraction of sp³-hybridized carbons (Fsp3) is 0.529. The molecule has 2 fully saturated rings. The summed E-state index contributed by atoms with van der Waals surface area (Å²) in [5, 5.41) is 2.45. The number of fused-ring (bicyclic) bond motifs is 2. The lowest BCUT2D eigenvalue weighted by Crippen LogP contribution is -2.23. The highest BCUT2D eigenvalue weighted by Gasteiger charge is 2.40. The minimum Gasteiger partial charge on any atom is -0.456 e. The maximum Gasteiger partial charge on any atom is 0.306 e. The zero-order chi connectivity index (χ0) is 16.4. The molecule has 2 saturated carbocycles. The molecular weight excluding hydrogens is 321 g/mol. The van der Waals surface area contributed by atoms with Crippen LogP contribution < -0.4 is 5.32 Å². The molecule has 2 bridgehead atoms. The number of rotatable bonds is 5. The first-order chi connectivity index (χ1) is 11.0. The molecule has 2 aliphatic rings. The van der Waals surface area contributed by atoms with Gasteiger partial charge >= 0.3 is 5.97 Å². The summed E-state index contributed by atoms with van der Waals surface area (Å²) in [5.74, 6) is 0.512. The van der Waals surface area contributed by atoms with E-state index in [2.05, 4.69) is 5.32 Å². The molecule has 0 aliphatic heterocycles. The van der Waals surface area contributed by atoms with E-state index in [1.54, 1.807) is 0 Å². The van der Waals surface area contributed by atoms with Crippen molar-refractivity contribution in [3.8, 4) is 0 Å².